The zero-order valence-electron chi connectivity index (χ0n) is 20.1. The average Bonchev–Trinajstić information content (AvgIpc) is 2.77. The molecule has 0 unspecified atom stereocenters. The van der Waals surface area contributed by atoms with Crippen LogP contribution < -0.4 is 5.32 Å². The molecule has 0 heterocycles. The molecule has 32 heavy (non-hydrogen) atoms. The number of hydrogen-bond acceptors (Lipinski definition) is 3. The summed E-state index contributed by atoms with van der Waals surface area (Å²) in [6.07, 6.45) is 19.7. The first-order valence-electron chi connectivity index (χ1n) is 12.8. The van der Waals surface area contributed by atoms with Gasteiger partial charge in [-0.2, -0.15) is 0 Å². The molecule has 0 spiro atoms. The van der Waals surface area contributed by atoms with Crippen molar-refractivity contribution in [3.8, 4) is 5.75 Å². The van der Waals surface area contributed by atoms with Crippen molar-refractivity contribution in [2.75, 3.05) is 0 Å². The zero-order valence-corrected chi connectivity index (χ0v) is 20.1. The van der Waals surface area contributed by atoms with E-state index >= 15 is 0 Å². The Balaban J connectivity index is 1.99. The SMILES string of the molecule is CCCCCCCCCCCCCCCCCC(=O)N[C@H](Cc1ccc(O)cc1)C(=O)O. The Morgan fingerprint density at radius 3 is 1.62 bits per heavy atom. The van der Waals surface area contributed by atoms with Crippen LogP contribution in [0.25, 0.3) is 0 Å². The van der Waals surface area contributed by atoms with Crippen molar-refractivity contribution in [3.05, 3.63) is 29.8 Å². The fraction of sp³-hybridized carbons (Fsp3) is 0.704. The van der Waals surface area contributed by atoms with E-state index < -0.39 is 12.0 Å². The van der Waals surface area contributed by atoms with E-state index in [4.69, 9.17) is 0 Å². The van der Waals surface area contributed by atoms with Crippen LogP contribution in [0.3, 0.4) is 0 Å². The molecule has 182 valence electrons. The first-order chi connectivity index (χ1) is 15.5. The fourth-order valence-electron chi connectivity index (χ4n) is 3.99. The number of unbranched alkanes of at least 4 members (excludes halogenated alkanes) is 14. The monoisotopic (exact) mass is 447 g/mol. The normalized spacial score (nSPS) is 11.9. The quantitative estimate of drug-likeness (QED) is 0.193. The first kappa shape index (κ1) is 28.0. The molecule has 0 bridgehead atoms. The predicted octanol–water partition coefficient (Wildman–Crippen LogP) is 6.77. The van der Waals surface area contributed by atoms with Crippen LogP contribution in [0.2, 0.25) is 0 Å². The van der Waals surface area contributed by atoms with E-state index in [1.165, 1.54) is 89.2 Å². The maximum Gasteiger partial charge on any atom is 0.326 e. The molecule has 0 saturated carbocycles. The van der Waals surface area contributed by atoms with Crippen molar-refractivity contribution in [1.29, 1.82) is 0 Å². The Kier molecular flexibility index (Phi) is 16.2. The molecular formula is C27H45NO4. The van der Waals surface area contributed by atoms with Gasteiger partial charge in [0.25, 0.3) is 0 Å². The summed E-state index contributed by atoms with van der Waals surface area (Å²) in [5, 5.41) is 21.3. The molecule has 1 aromatic rings. The number of phenolic OH excluding ortho intramolecular Hbond substituents is 1. The van der Waals surface area contributed by atoms with E-state index in [1.54, 1.807) is 12.1 Å². The van der Waals surface area contributed by atoms with Gasteiger partial charge in [0.2, 0.25) is 5.91 Å². The molecule has 0 saturated heterocycles. The van der Waals surface area contributed by atoms with Gasteiger partial charge in [0.15, 0.2) is 0 Å². The van der Waals surface area contributed by atoms with Crippen molar-refractivity contribution >= 4 is 11.9 Å². The molecule has 1 aromatic carbocycles. The van der Waals surface area contributed by atoms with Crippen LogP contribution in [0, 0.1) is 0 Å². The summed E-state index contributed by atoms with van der Waals surface area (Å²) in [5.41, 5.74) is 0.766. The number of rotatable bonds is 20. The van der Waals surface area contributed by atoms with Crippen molar-refractivity contribution in [2.24, 2.45) is 0 Å². The molecule has 0 aliphatic carbocycles. The Morgan fingerprint density at radius 2 is 1.19 bits per heavy atom. The minimum Gasteiger partial charge on any atom is -0.508 e. The number of phenols is 1. The van der Waals surface area contributed by atoms with E-state index in [0.29, 0.717) is 6.42 Å². The second-order valence-corrected chi connectivity index (χ2v) is 9.03. The standard InChI is InChI=1S/C27H45NO4/c1-2-3-4-5-6-7-8-9-10-11-12-13-14-15-16-17-26(30)28-25(27(31)32)22-23-18-20-24(29)21-19-23/h18-21,25,29H,2-17,22H2,1H3,(H,28,30)(H,31,32)/t25-/m1/s1. The van der Waals surface area contributed by atoms with Gasteiger partial charge in [-0.1, -0.05) is 109 Å². The number of carbonyl (C=O) groups is 2. The van der Waals surface area contributed by atoms with Crippen molar-refractivity contribution in [1.82, 2.24) is 5.32 Å². The number of carboxylic acids is 1. The molecule has 5 nitrogen and oxygen atoms in total. The van der Waals surface area contributed by atoms with Crippen molar-refractivity contribution in [3.63, 3.8) is 0 Å². The summed E-state index contributed by atoms with van der Waals surface area (Å²) in [4.78, 5) is 23.6. The predicted molar refractivity (Wildman–Crippen MR) is 131 cm³/mol. The number of amides is 1. The number of carbonyl (C=O) groups excluding carboxylic acids is 1. The van der Waals surface area contributed by atoms with Crippen molar-refractivity contribution < 1.29 is 19.8 Å². The number of carboxylic acid groups (broad SMARTS) is 1. The highest BCUT2D eigenvalue weighted by Crippen LogP contribution is 2.14. The summed E-state index contributed by atoms with van der Waals surface area (Å²) in [6.45, 7) is 2.26. The van der Waals surface area contributed by atoms with E-state index in [1.807, 2.05) is 0 Å². The van der Waals surface area contributed by atoms with Gasteiger partial charge in [-0.15, -0.1) is 0 Å². The lowest BCUT2D eigenvalue weighted by atomic mass is 10.0. The Bertz CT molecular complexity index is 615. The molecular weight excluding hydrogens is 402 g/mol. The lowest BCUT2D eigenvalue weighted by Gasteiger charge is -2.14. The van der Waals surface area contributed by atoms with Gasteiger partial charge < -0.3 is 15.5 Å². The van der Waals surface area contributed by atoms with Gasteiger partial charge in [-0.25, -0.2) is 4.79 Å². The molecule has 0 aliphatic rings. The topological polar surface area (TPSA) is 86.6 Å². The number of nitrogens with one attached hydrogen (secondary N) is 1. The van der Waals surface area contributed by atoms with E-state index in [9.17, 15) is 19.8 Å². The van der Waals surface area contributed by atoms with Crippen LogP contribution in [-0.2, 0) is 16.0 Å². The third-order valence-electron chi connectivity index (χ3n) is 6.02. The maximum absolute atomic E-state index is 12.1. The van der Waals surface area contributed by atoms with Gasteiger partial charge in [0, 0.05) is 12.8 Å². The van der Waals surface area contributed by atoms with Gasteiger partial charge >= 0.3 is 5.97 Å². The molecule has 5 heteroatoms. The van der Waals surface area contributed by atoms with E-state index in [-0.39, 0.29) is 18.1 Å². The molecule has 0 radical (unpaired) electrons. The van der Waals surface area contributed by atoms with E-state index in [0.717, 1.165) is 24.8 Å². The van der Waals surface area contributed by atoms with Gasteiger partial charge in [0.05, 0.1) is 0 Å². The lowest BCUT2D eigenvalue weighted by molar-refractivity contribution is -0.141. The number of aliphatic carboxylic acids is 1. The van der Waals surface area contributed by atoms with Crippen LogP contribution in [0.1, 0.15) is 115 Å². The van der Waals surface area contributed by atoms with Crippen molar-refractivity contribution in [2.45, 2.75) is 122 Å². The molecule has 0 aliphatic heterocycles. The zero-order chi connectivity index (χ0) is 23.4. The van der Waals surface area contributed by atoms with Crippen LogP contribution in [0.15, 0.2) is 24.3 Å². The lowest BCUT2D eigenvalue weighted by Crippen LogP contribution is -2.42. The molecule has 1 atom stereocenters. The summed E-state index contributed by atoms with van der Waals surface area (Å²) >= 11 is 0. The minimum atomic E-state index is -1.04. The van der Waals surface area contributed by atoms with Crippen LogP contribution in [0.4, 0.5) is 0 Å². The summed E-state index contributed by atoms with van der Waals surface area (Å²) < 4.78 is 0. The van der Waals surface area contributed by atoms with Crippen LogP contribution >= 0.6 is 0 Å². The summed E-state index contributed by atoms with van der Waals surface area (Å²) in [6, 6.07) is 5.44. The summed E-state index contributed by atoms with van der Waals surface area (Å²) in [7, 11) is 0. The maximum atomic E-state index is 12.1. The smallest absolute Gasteiger partial charge is 0.326 e. The van der Waals surface area contributed by atoms with E-state index in [2.05, 4.69) is 12.2 Å². The second-order valence-electron chi connectivity index (χ2n) is 9.03. The Hall–Kier alpha value is -2.04. The highest BCUT2D eigenvalue weighted by atomic mass is 16.4. The largest absolute Gasteiger partial charge is 0.508 e. The first-order valence-corrected chi connectivity index (χ1v) is 12.8. The van der Waals surface area contributed by atoms with Gasteiger partial charge in [-0.3, -0.25) is 4.79 Å². The second kappa shape index (κ2) is 18.5. The molecule has 3 N–H and O–H groups in total. The van der Waals surface area contributed by atoms with Gasteiger partial charge in [0.1, 0.15) is 11.8 Å². The number of hydrogen-bond donors (Lipinski definition) is 3. The highest BCUT2D eigenvalue weighted by Gasteiger charge is 2.20. The number of aromatic hydroxyl groups is 1. The van der Waals surface area contributed by atoms with Gasteiger partial charge in [-0.05, 0) is 24.1 Å². The van der Waals surface area contributed by atoms with Crippen LogP contribution in [0.5, 0.6) is 5.75 Å². The molecule has 1 rings (SSSR count). The average molecular weight is 448 g/mol. The Labute approximate surface area is 195 Å². The fourth-order valence-corrected chi connectivity index (χ4v) is 3.99. The minimum absolute atomic E-state index is 0.137. The molecule has 0 fully saturated rings. The highest BCUT2D eigenvalue weighted by molar-refractivity contribution is 5.83. The third kappa shape index (κ3) is 14.9. The molecule has 1 amide bonds. The molecule has 0 aromatic heterocycles. The summed E-state index contributed by atoms with van der Waals surface area (Å²) in [5.74, 6) is -1.10. The third-order valence-corrected chi connectivity index (χ3v) is 6.02. The number of benzene rings is 1. The Morgan fingerprint density at radius 1 is 0.750 bits per heavy atom. The van der Waals surface area contributed by atoms with Crippen LogP contribution in [-0.4, -0.2) is 28.1 Å².